The average molecular weight is 290 g/mol. The predicted octanol–water partition coefficient (Wildman–Crippen LogP) is 2.56. The Morgan fingerprint density at radius 2 is 1.90 bits per heavy atom. The molecule has 0 unspecified atom stereocenters. The van der Waals surface area contributed by atoms with Crippen molar-refractivity contribution in [3.63, 3.8) is 0 Å². The van der Waals surface area contributed by atoms with Crippen LogP contribution in [0.15, 0.2) is 16.9 Å². The Morgan fingerprint density at radius 1 is 1.20 bits per heavy atom. The second-order valence-electron chi connectivity index (χ2n) is 5.23. The average Bonchev–Trinajstić information content (AvgIpc) is 3.23. The number of fused-ring (bicyclic) bond motifs is 2. The van der Waals surface area contributed by atoms with Gasteiger partial charge >= 0.3 is 0 Å². The number of hydrogen-bond donors (Lipinski definition) is 1. The lowest BCUT2D eigenvalue weighted by Gasteiger charge is -2.11. The van der Waals surface area contributed by atoms with Crippen molar-refractivity contribution in [3.05, 3.63) is 27.3 Å². The number of benzene rings is 1. The molecule has 0 bridgehead atoms. The van der Waals surface area contributed by atoms with Gasteiger partial charge in [-0.1, -0.05) is 0 Å². The second kappa shape index (κ2) is 4.34. The van der Waals surface area contributed by atoms with Gasteiger partial charge in [0.25, 0.3) is 5.56 Å². The zero-order valence-corrected chi connectivity index (χ0v) is 11.7. The molecular weight excluding hydrogens is 276 g/mol. The summed E-state index contributed by atoms with van der Waals surface area (Å²) in [5.74, 6) is 1.31. The van der Waals surface area contributed by atoms with Crippen molar-refractivity contribution in [3.8, 4) is 11.5 Å². The van der Waals surface area contributed by atoms with Gasteiger partial charge in [0.2, 0.25) is 0 Å². The van der Waals surface area contributed by atoms with Crippen molar-refractivity contribution in [1.29, 1.82) is 0 Å². The van der Waals surface area contributed by atoms with Crippen LogP contribution in [0.2, 0.25) is 0 Å². The standard InChI is InChI=1S/C14H14N2O3S/c17-13-9-6-11-12(19-5-1-4-18-11)7-10(9)15-14(20)16(13)8-2-3-8/h6-8H,1-5H2,(H,15,20). The molecule has 4 rings (SSSR count). The fraction of sp³-hybridized carbons (Fsp3) is 0.429. The van der Waals surface area contributed by atoms with E-state index < -0.39 is 0 Å². The molecule has 1 aromatic carbocycles. The molecule has 1 saturated carbocycles. The number of aromatic amines is 1. The molecule has 5 nitrogen and oxygen atoms in total. The van der Waals surface area contributed by atoms with Gasteiger partial charge in [0, 0.05) is 18.5 Å². The Bertz CT molecular complexity index is 804. The van der Waals surface area contributed by atoms with Crippen LogP contribution in [0, 0.1) is 4.77 Å². The molecule has 104 valence electrons. The van der Waals surface area contributed by atoms with Gasteiger partial charge in [0.1, 0.15) is 0 Å². The Kier molecular flexibility index (Phi) is 2.60. The summed E-state index contributed by atoms with van der Waals surface area (Å²) in [4.78, 5) is 15.7. The summed E-state index contributed by atoms with van der Waals surface area (Å²) in [6.07, 6.45) is 2.88. The first-order chi connectivity index (χ1) is 9.74. The molecular formula is C14H14N2O3S. The van der Waals surface area contributed by atoms with Crippen molar-refractivity contribution in [2.45, 2.75) is 25.3 Å². The molecule has 2 aromatic rings. The summed E-state index contributed by atoms with van der Waals surface area (Å²) in [6.45, 7) is 1.23. The van der Waals surface area contributed by atoms with Crippen LogP contribution >= 0.6 is 12.2 Å². The van der Waals surface area contributed by atoms with E-state index in [2.05, 4.69) is 4.98 Å². The van der Waals surface area contributed by atoms with Crippen LogP contribution in [-0.2, 0) is 0 Å². The minimum atomic E-state index is -0.0399. The molecule has 1 N–H and O–H groups in total. The van der Waals surface area contributed by atoms with Gasteiger partial charge in [-0.25, -0.2) is 0 Å². The van der Waals surface area contributed by atoms with Crippen molar-refractivity contribution >= 4 is 23.1 Å². The molecule has 20 heavy (non-hydrogen) atoms. The van der Waals surface area contributed by atoms with Gasteiger partial charge in [0.15, 0.2) is 16.3 Å². The first-order valence-corrected chi connectivity index (χ1v) is 7.23. The zero-order chi connectivity index (χ0) is 13.7. The third-order valence-corrected chi connectivity index (χ3v) is 4.01. The number of hydrogen-bond acceptors (Lipinski definition) is 4. The number of nitrogens with zero attached hydrogens (tertiary/aromatic N) is 1. The summed E-state index contributed by atoms with van der Waals surface area (Å²) in [6, 6.07) is 3.83. The van der Waals surface area contributed by atoms with Gasteiger partial charge in [-0.3, -0.25) is 9.36 Å². The highest BCUT2D eigenvalue weighted by atomic mass is 32.1. The Labute approximate surface area is 120 Å². The Morgan fingerprint density at radius 3 is 2.60 bits per heavy atom. The first-order valence-electron chi connectivity index (χ1n) is 6.82. The minimum absolute atomic E-state index is 0.0399. The monoisotopic (exact) mass is 290 g/mol. The normalized spacial score (nSPS) is 18.0. The maximum Gasteiger partial charge on any atom is 0.262 e. The topological polar surface area (TPSA) is 56.2 Å². The molecule has 6 heteroatoms. The van der Waals surface area contributed by atoms with E-state index in [-0.39, 0.29) is 11.6 Å². The molecule has 2 heterocycles. The van der Waals surface area contributed by atoms with Crippen LogP contribution in [-0.4, -0.2) is 22.8 Å². The summed E-state index contributed by atoms with van der Waals surface area (Å²) in [5, 5.41) is 0.606. The van der Waals surface area contributed by atoms with Gasteiger partial charge in [0.05, 0.1) is 24.1 Å². The van der Waals surface area contributed by atoms with Crippen LogP contribution < -0.4 is 15.0 Å². The third kappa shape index (κ3) is 1.83. The molecule has 1 aliphatic carbocycles. The SMILES string of the molecule is O=c1c2cc3c(cc2[nH]c(=S)n1C1CC1)OCCCO3. The van der Waals surface area contributed by atoms with Crippen LogP contribution in [0.4, 0.5) is 0 Å². The first kappa shape index (κ1) is 12.0. The molecule has 0 saturated heterocycles. The van der Waals surface area contributed by atoms with Crippen molar-refractivity contribution in [2.24, 2.45) is 0 Å². The molecule has 0 radical (unpaired) electrons. The lowest BCUT2D eigenvalue weighted by molar-refractivity contribution is 0.297. The molecule has 1 fully saturated rings. The number of ether oxygens (including phenoxy) is 2. The minimum Gasteiger partial charge on any atom is -0.490 e. The Balaban J connectivity index is 2.00. The van der Waals surface area contributed by atoms with Crippen LogP contribution in [0.25, 0.3) is 10.9 Å². The van der Waals surface area contributed by atoms with Crippen LogP contribution in [0.5, 0.6) is 11.5 Å². The summed E-state index contributed by atoms with van der Waals surface area (Å²) >= 11 is 5.30. The lowest BCUT2D eigenvalue weighted by atomic mass is 10.2. The maximum atomic E-state index is 12.6. The van der Waals surface area contributed by atoms with E-state index in [0.717, 1.165) is 19.3 Å². The fourth-order valence-electron chi connectivity index (χ4n) is 2.55. The quantitative estimate of drug-likeness (QED) is 0.820. The highest BCUT2D eigenvalue weighted by molar-refractivity contribution is 7.71. The fourth-order valence-corrected chi connectivity index (χ4v) is 2.89. The van der Waals surface area contributed by atoms with E-state index in [9.17, 15) is 4.79 Å². The molecule has 0 atom stereocenters. The van der Waals surface area contributed by atoms with E-state index in [4.69, 9.17) is 21.7 Å². The van der Waals surface area contributed by atoms with Gasteiger partial charge in [-0.2, -0.15) is 0 Å². The predicted molar refractivity (Wildman–Crippen MR) is 77.3 cm³/mol. The van der Waals surface area contributed by atoms with Crippen LogP contribution in [0.1, 0.15) is 25.3 Å². The van der Waals surface area contributed by atoms with E-state index in [1.165, 1.54) is 0 Å². The van der Waals surface area contributed by atoms with E-state index >= 15 is 0 Å². The van der Waals surface area contributed by atoms with Crippen LogP contribution in [0.3, 0.4) is 0 Å². The van der Waals surface area contributed by atoms with Gasteiger partial charge in [-0.05, 0) is 31.1 Å². The van der Waals surface area contributed by atoms with E-state index in [0.29, 0.717) is 40.4 Å². The van der Waals surface area contributed by atoms with Crippen molar-refractivity contribution in [1.82, 2.24) is 9.55 Å². The lowest BCUT2D eigenvalue weighted by Crippen LogP contribution is -2.21. The smallest absolute Gasteiger partial charge is 0.262 e. The Hall–Kier alpha value is -1.82. The number of aromatic nitrogens is 2. The zero-order valence-electron chi connectivity index (χ0n) is 10.8. The molecule has 0 amide bonds. The summed E-state index contributed by atoms with van der Waals surface area (Å²) in [5.41, 5.74) is 0.669. The largest absolute Gasteiger partial charge is 0.490 e. The summed E-state index contributed by atoms with van der Waals surface area (Å²) in [7, 11) is 0. The molecule has 1 aromatic heterocycles. The highest BCUT2D eigenvalue weighted by Gasteiger charge is 2.26. The highest BCUT2D eigenvalue weighted by Crippen LogP contribution is 2.36. The van der Waals surface area contributed by atoms with Crippen molar-refractivity contribution in [2.75, 3.05) is 13.2 Å². The van der Waals surface area contributed by atoms with Crippen molar-refractivity contribution < 1.29 is 9.47 Å². The summed E-state index contributed by atoms with van der Waals surface area (Å²) < 4.78 is 13.5. The third-order valence-electron chi connectivity index (χ3n) is 3.71. The molecule has 1 aliphatic heterocycles. The molecule has 2 aliphatic rings. The maximum absolute atomic E-state index is 12.6. The number of rotatable bonds is 1. The number of H-pyrrole nitrogens is 1. The number of nitrogens with one attached hydrogen (secondary N) is 1. The molecule has 0 spiro atoms. The van der Waals surface area contributed by atoms with Gasteiger partial charge in [-0.15, -0.1) is 0 Å². The second-order valence-corrected chi connectivity index (χ2v) is 5.62. The van der Waals surface area contributed by atoms with Gasteiger partial charge < -0.3 is 14.5 Å². The van der Waals surface area contributed by atoms with E-state index in [1.807, 2.05) is 6.07 Å². The van der Waals surface area contributed by atoms with E-state index in [1.54, 1.807) is 10.6 Å².